The van der Waals surface area contributed by atoms with Crippen LogP contribution in [0.15, 0.2) is 43.0 Å². The van der Waals surface area contributed by atoms with Crippen LogP contribution in [0.4, 0.5) is 5.82 Å². The first-order valence-electron chi connectivity index (χ1n) is 9.77. The highest BCUT2D eigenvalue weighted by molar-refractivity contribution is 5.93. The van der Waals surface area contributed by atoms with E-state index in [2.05, 4.69) is 45.3 Å². The smallest absolute Gasteiger partial charge is 0.137 e. The fourth-order valence-electron chi connectivity index (χ4n) is 3.98. The number of hydrogen-bond donors (Lipinski definition) is 2. The van der Waals surface area contributed by atoms with E-state index in [9.17, 15) is 0 Å². The molecule has 28 heavy (non-hydrogen) atoms. The van der Waals surface area contributed by atoms with Gasteiger partial charge in [0.1, 0.15) is 12.1 Å². The number of anilines is 1. The Labute approximate surface area is 165 Å². The summed E-state index contributed by atoms with van der Waals surface area (Å²) in [6.45, 7) is 0. The van der Waals surface area contributed by atoms with Crippen molar-refractivity contribution in [2.45, 2.75) is 37.8 Å². The van der Waals surface area contributed by atoms with E-state index in [0.29, 0.717) is 12.1 Å². The van der Waals surface area contributed by atoms with Crippen LogP contribution < -0.4 is 5.32 Å². The fourth-order valence-corrected chi connectivity index (χ4v) is 3.98. The highest BCUT2D eigenvalue weighted by Gasteiger charge is 2.23. The van der Waals surface area contributed by atoms with Crippen LogP contribution in [0.3, 0.4) is 0 Å². The van der Waals surface area contributed by atoms with Gasteiger partial charge in [-0.1, -0.05) is 6.07 Å². The molecule has 0 bridgehead atoms. The zero-order chi connectivity index (χ0) is 19.5. The second-order valence-corrected chi connectivity index (χ2v) is 7.72. The van der Waals surface area contributed by atoms with Crippen LogP contribution in [0.1, 0.15) is 31.2 Å². The summed E-state index contributed by atoms with van der Waals surface area (Å²) in [5.41, 5.74) is 3.76. The predicted octanol–water partition coefficient (Wildman–Crippen LogP) is 3.97. The van der Waals surface area contributed by atoms with E-state index in [4.69, 9.17) is 5.41 Å². The van der Waals surface area contributed by atoms with E-state index in [1.807, 2.05) is 24.4 Å². The molecule has 0 atom stereocenters. The van der Waals surface area contributed by atoms with Crippen molar-refractivity contribution < 1.29 is 0 Å². The molecule has 1 aromatic carbocycles. The minimum atomic E-state index is 0.445. The molecule has 0 radical (unpaired) electrons. The molecule has 0 saturated heterocycles. The summed E-state index contributed by atoms with van der Waals surface area (Å²) >= 11 is 0. The van der Waals surface area contributed by atoms with Gasteiger partial charge in [-0.05, 0) is 63.5 Å². The average molecular weight is 374 g/mol. The minimum Gasteiger partial charge on any atom is -0.367 e. The largest absolute Gasteiger partial charge is 0.367 e. The molecule has 1 fully saturated rings. The first kappa shape index (κ1) is 18.5. The molecule has 6 nitrogen and oxygen atoms in total. The Kier molecular flexibility index (Phi) is 5.30. The summed E-state index contributed by atoms with van der Waals surface area (Å²) in [7, 11) is 4.33. The maximum atomic E-state index is 7.45. The van der Waals surface area contributed by atoms with E-state index < -0.39 is 0 Å². The molecule has 2 heterocycles. The van der Waals surface area contributed by atoms with Crippen LogP contribution in [0.5, 0.6) is 0 Å². The van der Waals surface area contributed by atoms with Crippen LogP contribution in [0, 0.1) is 5.41 Å². The van der Waals surface area contributed by atoms with Gasteiger partial charge in [-0.3, -0.25) is 4.98 Å². The van der Waals surface area contributed by atoms with Crippen LogP contribution in [0.2, 0.25) is 0 Å². The average Bonchev–Trinajstić information content (AvgIpc) is 2.74. The predicted molar refractivity (Wildman–Crippen MR) is 114 cm³/mol. The van der Waals surface area contributed by atoms with Gasteiger partial charge < -0.3 is 15.6 Å². The van der Waals surface area contributed by atoms with Crippen molar-refractivity contribution >= 4 is 22.9 Å². The SMILES string of the molecule is CN(C)C1CCC(Nc2ncnc3ccc(-c4cncc(C=N)c4)cc23)CC1. The number of benzene rings is 1. The molecule has 3 aromatic rings. The molecule has 2 N–H and O–H groups in total. The minimum absolute atomic E-state index is 0.445. The molecule has 0 aliphatic heterocycles. The number of aromatic nitrogens is 3. The Morgan fingerprint density at radius 3 is 2.61 bits per heavy atom. The number of fused-ring (bicyclic) bond motifs is 1. The first-order chi connectivity index (χ1) is 13.6. The summed E-state index contributed by atoms with van der Waals surface area (Å²) in [4.78, 5) is 15.5. The molecule has 1 saturated carbocycles. The topological polar surface area (TPSA) is 77.8 Å². The molecule has 1 aliphatic carbocycles. The van der Waals surface area contributed by atoms with Crippen molar-refractivity contribution in [1.82, 2.24) is 19.9 Å². The third-order valence-electron chi connectivity index (χ3n) is 5.66. The molecule has 0 unspecified atom stereocenters. The first-order valence-corrected chi connectivity index (χ1v) is 9.77. The van der Waals surface area contributed by atoms with Crippen LogP contribution in [-0.2, 0) is 0 Å². The molecule has 6 heteroatoms. The van der Waals surface area contributed by atoms with Gasteiger partial charge >= 0.3 is 0 Å². The Balaban J connectivity index is 1.61. The third-order valence-corrected chi connectivity index (χ3v) is 5.66. The molecule has 4 rings (SSSR count). The highest BCUT2D eigenvalue weighted by Crippen LogP contribution is 2.29. The van der Waals surface area contributed by atoms with Gasteiger partial charge in [-0.15, -0.1) is 0 Å². The van der Waals surface area contributed by atoms with Gasteiger partial charge in [0.2, 0.25) is 0 Å². The Morgan fingerprint density at radius 1 is 1.04 bits per heavy atom. The molecule has 144 valence electrons. The van der Waals surface area contributed by atoms with Crippen molar-refractivity contribution in [1.29, 1.82) is 5.41 Å². The monoisotopic (exact) mass is 374 g/mol. The van der Waals surface area contributed by atoms with Gasteiger partial charge in [0, 0.05) is 47.2 Å². The summed E-state index contributed by atoms with van der Waals surface area (Å²) in [5.74, 6) is 0.899. The Morgan fingerprint density at radius 2 is 1.86 bits per heavy atom. The van der Waals surface area contributed by atoms with E-state index >= 15 is 0 Å². The van der Waals surface area contributed by atoms with E-state index in [-0.39, 0.29) is 0 Å². The molecule has 0 amide bonds. The molecule has 1 aliphatic rings. The second kappa shape index (κ2) is 8.02. The zero-order valence-electron chi connectivity index (χ0n) is 16.4. The molecular weight excluding hydrogens is 348 g/mol. The molecular formula is C22H26N6. The third kappa shape index (κ3) is 3.87. The van der Waals surface area contributed by atoms with Gasteiger partial charge in [-0.25, -0.2) is 9.97 Å². The number of nitrogens with zero attached hydrogens (tertiary/aromatic N) is 4. The van der Waals surface area contributed by atoms with E-state index in [1.54, 1.807) is 12.5 Å². The lowest BCUT2D eigenvalue weighted by Gasteiger charge is -2.33. The summed E-state index contributed by atoms with van der Waals surface area (Å²) < 4.78 is 0. The summed E-state index contributed by atoms with van der Waals surface area (Å²) in [6, 6.07) is 9.29. The van der Waals surface area contributed by atoms with Crippen molar-refractivity contribution in [2.75, 3.05) is 19.4 Å². The normalized spacial score (nSPS) is 19.7. The summed E-state index contributed by atoms with van der Waals surface area (Å²) in [6.07, 6.45) is 11.2. The van der Waals surface area contributed by atoms with Crippen molar-refractivity contribution in [3.8, 4) is 11.1 Å². The quantitative estimate of drug-likeness (QED) is 0.661. The van der Waals surface area contributed by atoms with Crippen LogP contribution in [0.25, 0.3) is 22.0 Å². The van der Waals surface area contributed by atoms with Gasteiger partial charge in [0.25, 0.3) is 0 Å². The number of hydrogen-bond acceptors (Lipinski definition) is 6. The fraction of sp³-hybridized carbons (Fsp3) is 0.364. The Bertz CT molecular complexity index is 976. The van der Waals surface area contributed by atoms with Gasteiger partial charge in [0.05, 0.1) is 5.52 Å². The number of pyridine rings is 1. The molecule has 2 aromatic heterocycles. The lowest BCUT2D eigenvalue weighted by molar-refractivity contribution is 0.221. The Hall–Kier alpha value is -2.86. The van der Waals surface area contributed by atoms with E-state index in [1.165, 1.54) is 19.1 Å². The number of rotatable bonds is 5. The highest BCUT2D eigenvalue weighted by atomic mass is 15.1. The van der Waals surface area contributed by atoms with Crippen molar-refractivity contribution in [3.63, 3.8) is 0 Å². The van der Waals surface area contributed by atoms with Crippen molar-refractivity contribution in [2.24, 2.45) is 0 Å². The van der Waals surface area contributed by atoms with Gasteiger partial charge in [0.15, 0.2) is 0 Å². The molecule has 0 spiro atoms. The second-order valence-electron chi connectivity index (χ2n) is 7.72. The van der Waals surface area contributed by atoms with Crippen molar-refractivity contribution in [3.05, 3.63) is 48.5 Å². The summed E-state index contributed by atoms with van der Waals surface area (Å²) in [5, 5.41) is 12.1. The van der Waals surface area contributed by atoms with Crippen LogP contribution >= 0.6 is 0 Å². The maximum Gasteiger partial charge on any atom is 0.137 e. The lowest BCUT2D eigenvalue weighted by Crippen LogP contribution is -2.36. The number of nitrogens with one attached hydrogen (secondary N) is 2. The lowest BCUT2D eigenvalue weighted by atomic mass is 9.90. The maximum absolute atomic E-state index is 7.45. The zero-order valence-corrected chi connectivity index (χ0v) is 16.4. The van der Waals surface area contributed by atoms with Gasteiger partial charge in [-0.2, -0.15) is 0 Å². The van der Waals surface area contributed by atoms with E-state index in [0.717, 1.165) is 46.3 Å². The van der Waals surface area contributed by atoms with Crippen LogP contribution in [-0.4, -0.2) is 52.2 Å². The standard InChI is InChI=1S/C22H26N6/c1-28(2)19-6-4-18(5-7-19)27-22-20-10-16(3-8-21(20)25-14-26-22)17-9-15(11-23)12-24-13-17/h3,8-14,18-19,23H,4-7H2,1-2H3,(H,25,26,27).